The molecule has 140 heavy (non-hydrogen) atoms. The number of aryl methyl sites for hydroxylation is 4. The van der Waals surface area contributed by atoms with Crippen LogP contribution in [0.2, 0.25) is 20.1 Å². The minimum absolute atomic E-state index is 0.0398. The molecule has 4 aromatic carbocycles. The quantitative estimate of drug-likeness (QED) is 0.0131. The normalized spacial score (nSPS) is 19.4. The number of nitrogens with zero attached hydrogens (tertiary/aromatic N) is 6. The second kappa shape index (κ2) is 37.4. The lowest BCUT2D eigenvalue weighted by atomic mass is 9.69. The summed E-state index contributed by atoms with van der Waals surface area (Å²) in [5.74, 6) is -19.4. The van der Waals surface area contributed by atoms with Gasteiger partial charge in [-0.1, -0.05) is 91.4 Å². The van der Waals surface area contributed by atoms with Gasteiger partial charge in [0.1, 0.15) is 45.1 Å². The number of anilines is 4. The zero-order chi connectivity index (χ0) is 101. The largest absolute Gasteiger partial charge is 0.340 e. The fraction of sp³-hybridized carbons (Fsp3) is 0.430. The van der Waals surface area contributed by atoms with Gasteiger partial charge in [0, 0.05) is 149 Å². The molecule has 0 saturated heterocycles. The maximum atomic E-state index is 13.7. The molecule has 736 valence electrons. The highest BCUT2D eigenvalue weighted by Crippen LogP contribution is 2.57. The monoisotopic (exact) mass is 2010 g/mol. The molecule has 9 N–H and O–H groups in total. The summed E-state index contributed by atoms with van der Waals surface area (Å²) in [6.07, 6.45) is 3.30. The molecule has 0 radical (unpaired) electrons. The number of Topliss-reactive ketones (excluding diaryl/α,β-unsaturated/α-hetero) is 7. The van der Waals surface area contributed by atoms with Gasteiger partial charge >= 0.3 is 0 Å². The van der Waals surface area contributed by atoms with Crippen LogP contribution in [0.4, 0.5) is 49.1 Å². The fourth-order valence-electron chi connectivity index (χ4n) is 21.1. The summed E-state index contributed by atoms with van der Waals surface area (Å²) in [6.45, 7) is 19.6. The second-order valence-corrected chi connectivity index (χ2v) is 40.0. The Kier molecular flexibility index (Phi) is 26.8. The van der Waals surface area contributed by atoms with Crippen LogP contribution in [-0.4, -0.2) is 156 Å². The lowest BCUT2D eigenvalue weighted by Gasteiger charge is -2.46. The molecule has 0 spiro atoms. The average Bonchev–Trinajstić information content (AvgIpc) is 1.53. The molecule has 4 atom stereocenters. The van der Waals surface area contributed by atoms with Crippen molar-refractivity contribution in [2.24, 2.45) is 11.8 Å². The van der Waals surface area contributed by atoms with E-state index in [1.165, 1.54) is 20.8 Å². The number of ketones is 7. The number of rotatable bonds is 27. The zero-order valence-electron chi connectivity index (χ0n) is 78.3. The van der Waals surface area contributed by atoms with Gasteiger partial charge in [-0.15, -0.1) is 0 Å². The van der Waals surface area contributed by atoms with Crippen LogP contribution in [0.3, 0.4) is 0 Å². The van der Waals surface area contributed by atoms with Gasteiger partial charge in [-0.05, 0) is 224 Å². The van der Waals surface area contributed by atoms with E-state index in [1.807, 2.05) is 47.5 Å². The van der Waals surface area contributed by atoms with Gasteiger partial charge in [-0.25, -0.2) is 26.3 Å². The molecule has 40 heteroatoms. The molecule has 19 rings (SSSR count). The number of amides is 8. The number of carbonyl (C=O) groups is 15. The molecule has 0 unspecified atom stereocenters. The first-order chi connectivity index (χ1) is 65.9. The van der Waals surface area contributed by atoms with Crippen molar-refractivity contribution in [3.63, 3.8) is 0 Å². The molecule has 4 aliphatic heterocycles. The molecule has 6 aliphatic carbocycles. The minimum Gasteiger partial charge on any atom is -0.340 e. The highest BCUT2D eigenvalue weighted by Gasteiger charge is 2.65. The number of nitrogens with one attached hydrogen (secondary N) is 9. The van der Waals surface area contributed by atoms with Gasteiger partial charge in [0.15, 0.2) is 17.3 Å². The molecular weight excluding hydrogens is 1910 g/mol. The number of alkyl halides is 6. The Labute approximate surface area is 818 Å². The molecule has 10 aliphatic rings. The number of halogens is 10. The van der Waals surface area contributed by atoms with Crippen LogP contribution in [0, 0.1) is 67.2 Å². The van der Waals surface area contributed by atoms with Crippen LogP contribution in [0.1, 0.15) is 286 Å². The number of hydrogen-bond acceptors (Lipinski definition) is 17. The number of benzene rings is 4. The smallest absolute Gasteiger partial charge is 0.293 e. The molecule has 8 amide bonds. The molecule has 0 bridgehead atoms. The van der Waals surface area contributed by atoms with E-state index in [-0.39, 0.29) is 82.9 Å². The molecule has 30 nitrogen and oxygen atoms in total. The summed E-state index contributed by atoms with van der Waals surface area (Å²) in [7, 11) is 0. The number of H-pyrrole nitrogens is 1. The number of carbonyl (C=O) groups excluding carboxylic acids is 15. The number of fused-ring (bicyclic) bond motifs is 8. The van der Waals surface area contributed by atoms with Crippen LogP contribution < -0.4 is 42.5 Å². The van der Waals surface area contributed by atoms with Crippen molar-refractivity contribution in [3.8, 4) is 0 Å². The standard InChI is InChI=1S/2C26H26ClF2N3O4.C25H26ClF2N3O4.C23H23ClN6O3/c2*1-4-19(33)25(10-26(28,29)11-25)31-24(36)22(34)20-13(3)21(32-17-7-14(17)8-18(20)32)23(35)30-15-6-5-12(2)16(27)9-15;1-4-18(32)24(11-25(27,28)12-24)30-23(35)21(33)19-14(3)20(31-9-5-6-17(19)31)22(34)29-15-8-7-13(2)16(26)10-15;1-12-5-6-14(10-15(12)24)26-21(32)19-13(2)18(16-4-3-9-30(16)19)20(31)22(33)27-23(7-8-23)17-11-25-29-28-17/h2*5-6,9,14,17H,4,7-8,10-11H2,1-3H3,(H,30,35)(H,31,36);7-8,10H,4-6,9,11-12H2,1-3H3,(H,29,34)(H,30,35);5-6,10-11H,3-4,7-9H2,1-2H3,(H,26,32)(H,27,33)(H,25,28,29)/t2*14-,17-;;/m10../s1. The Bertz CT molecular complexity index is 6630. The molecule has 6 fully saturated rings. The van der Waals surface area contributed by atoms with Crippen LogP contribution in [0.15, 0.2) is 79.0 Å². The Morgan fingerprint density at radius 2 is 0.671 bits per heavy atom. The molecule has 5 aromatic heterocycles. The van der Waals surface area contributed by atoms with E-state index in [9.17, 15) is 98.3 Å². The topological polar surface area (TPSA) is 414 Å². The highest BCUT2D eigenvalue weighted by atomic mass is 35.5. The molecule has 9 heterocycles. The number of aromatic amines is 1. The Morgan fingerprint density at radius 3 is 0.936 bits per heavy atom. The van der Waals surface area contributed by atoms with E-state index in [0.717, 1.165) is 47.2 Å². The van der Waals surface area contributed by atoms with Crippen molar-refractivity contribution in [3.05, 3.63) is 217 Å². The van der Waals surface area contributed by atoms with Crippen molar-refractivity contribution in [2.45, 2.75) is 263 Å². The number of aromatic nitrogens is 7. The maximum Gasteiger partial charge on any atom is 0.293 e. The maximum absolute atomic E-state index is 13.7. The Morgan fingerprint density at radius 1 is 0.393 bits per heavy atom. The third-order valence-corrected chi connectivity index (χ3v) is 30.2. The number of hydrogen-bond donors (Lipinski definition) is 9. The summed E-state index contributed by atoms with van der Waals surface area (Å²) < 4.78 is 89.1. The summed E-state index contributed by atoms with van der Waals surface area (Å²) in [4.78, 5) is 195. The van der Waals surface area contributed by atoms with Crippen LogP contribution in [0.5, 0.6) is 0 Å². The van der Waals surface area contributed by atoms with E-state index in [0.29, 0.717) is 157 Å². The van der Waals surface area contributed by atoms with Gasteiger partial charge in [0.25, 0.3) is 88.2 Å². The summed E-state index contributed by atoms with van der Waals surface area (Å²) >= 11 is 24.7. The first-order valence-electron chi connectivity index (χ1n) is 46.2. The molecule has 6 saturated carbocycles. The highest BCUT2D eigenvalue weighted by molar-refractivity contribution is 6.46. The average molecular weight is 2010 g/mol. The first kappa shape index (κ1) is 100. The lowest BCUT2D eigenvalue weighted by molar-refractivity contribution is -0.163. The predicted octanol–water partition coefficient (Wildman–Crippen LogP) is 16.6. The third-order valence-electron chi connectivity index (χ3n) is 28.6. The van der Waals surface area contributed by atoms with E-state index in [4.69, 9.17) is 46.4 Å². The van der Waals surface area contributed by atoms with E-state index in [1.54, 1.807) is 105 Å². The zero-order valence-corrected chi connectivity index (χ0v) is 81.3. The van der Waals surface area contributed by atoms with E-state index in [2.05, 4.69) is 57.9 Å². The van der Waals surface area contributed by atoms with Crippen LogP contribution in [-0.2, 0) is 77.9 Å². The van der Waals surface area contributed by atoms with Crippen molar-refractivity contribution in [1.29, 1.82) is 0 Å². The van der Waals surface area contributed by atoms with Crippen molar-refractivity contribution < 1.29 is 98.3 Å². The van der Waals surface area contributed by atoms with Gasteiger partial charge < -0.3 is 60.8 Å². The van der Waals surface area contributed by atoms with Crippen molar-refractivity contribution in [1.82, 2.24) is 54.9 Å². The molecule has 9 aromatic rings. The second-order valence-electron chi connectivity index (χ2n) is 38.4. The summed E-state index contributed by atoms with van der Waals surface area (Å²) in [5, 5.41) is 33.5. The van der Waals surface area contributed by atoms with Crippen molar-refractivity contribution in [2.75, 3.05) is 21.3 Å². The predicted molar refractivity (Wildman–Crippen MR) is 505 cm³/mol. The summed E-state index contributed by atoms with van der Waals surface area (Å²) in [5.41, 5.74) is 6.07. The van der Waals surface area contributed by atoms with Gasteiger partial charge in [0.05, 0.1) is 34.0 Å². The molecular formula is C100H101Cl4F6N15O15. The fourth-order valence-corrected chi connectivity index (χ4v) is 21.8. The van der Waals surface area contributed by atoms with Crippen LogP contribution >= 0.6 is 46.4 Å². The van der Waals surface area contributed by atoms with Gasteiger partial charge in [-0.3, -0.25) is 71.9 Å². The van der Waals surface area contributed by atoms with E-state index < -0.39 is 160 Å². The summed E-state index contributed by atoms with van der Waals surface area (Å²) in [6, 6.07) is 20.8. The van der Waals surface area contributed by atoms with Gasteiger partial charge in [-0.2, -0.15) is 15.4 Å². The van der Waals surface area contributed by atoms with Crippen molar-refractivity contribution >= 4 is 157 Å². The Balaban J connectivity index is 0.000000135. The minimum atomic E-state index is -3.07. The SMILES string of the molecule is CCC(=O)C1(NC(=O)C(=O)c2c(C)c(C(=O)Nc3ccc(C)c(Cl)c3)n3c2CCC3)CC(F)(F)C1.CCC(=O)C1(NC(=O)C(=O)c2c(C)c(C(=O)Nc3ccc(C)c(Cl)c3)n3c2C[C@@H]2C[C@@H]23)CC(F)(F)C1.CCC(=O)C1(NC(=O)C(=O)c2c(C)c(C(=O)Nc3ccc(C)c(Cl)c3)n3c2C[C@H]2C[C@H]23)CC(F)(F)C1.Cc1ccc(NC(=O)c2c(C)c(C(=O)C(=O)NC3(c4cn[nH]n4)CC3)c3n2CCC3)cc1Cl. The van der Waals surface area contributed by atoms with E-state index >= 15 is 0 Å². The lowest BCUT2D eigenvalue weighted by Crippen LogP contribution is -2.67. The van der Waals surface area contributed by atoms with Crippen LogP contribution in [0.25, 0.3) is 0 Å². The third kappa shape index (κ3) is 18.8. The first-order valence-corrected chi connectivity index (χ1v) is 47.7. The Hall–Kier alpha value is -12.7. The van der Waals surface area contributed by atoms with Gasteiger partial charge in [0.2, 0.25) is 0 Å².